The second kappa shape index (κ2) is 11.9. The van der Waals surface area contributed by atoms with E-state index in [0.717, 1.165) is 22.3 Å². The molecule has 39 heavy (non-hydrogen) atoms. The predicted octanol–water partition coefficient (Wildman–Crippen LogP) is 3.78. The largest absolute Gasteiger partial charge is 0.342 e. The highest BCUT2D eigenvalue weighted by Crippen LogP contribution is 2.36. The van der Waals surface area contributed by atoms with Gasteiger partial charge in [0.1, 0.15) is 11.9 Å². The van der Waals surface area contributed by atoms with Crippen molar-refractivity contribution in [1.82, 2.24) is 16.0 Å². The van der Waals surface area contributed by atoms with Crippen LogP contribution in [0.3, 0.4) is 0 Å². The normalized spacial score (nSPS) is 15.3. The van der Waals surface area contributed by atoms with Gasteiger partial charge in [-0.05, 0) is 54.3 Å². The highest BCUT2D eigenvalue weighted by Gasteiger charge is 2.34. The zero-order chi connectivity index (χ0) is 28.2. The van der Waals surface area contributed by atoms with Crippen molar-refractivity contribution in [2.24, 2.45) is 5.73 Å². The lowest BCUT2D eigenvalue weighted by Crippen LogP contribution is -2.56. The van der Waals surface area contributed by atoms with Crippen molar-refractivity contribution >= 4 is 35.3 Å². The number of hydrogen-bond acceptors (Lipinski definition) is 5. The number of carbonyl (C=O) groups is 3. The molecule has 3 aromatic carbocycles. The van der Waals surface area contributed by atoms with E-state index < -0.39 is 23.3 Å². The van der Waals surface area contributed by atoms with Gasteiger partial charge in [-0.1, -0.05) is 48.5 Å². The number of halogens is 1. The Kier molecular flexibility index (Phi) is 8.57. The first-order chi connectivity index (χ1) is 18.6. The topological polar surface area (TPSA) is 117 Å². The van der Waals surface area contributed by atoms with E-state index in [9.17, 15) is 18.8 Å². The van der Waals surface area contributed by atoms with Crippen LogP contribution in [0.25, 0.3) is 11.1 Å². The van der Waals surface area contributed by atoms with Crippen LogP contribution in [-0.4, -0.2) is 42.2 Å². The molecule has 0 radical (unpaired) electrons. The second-order valence-electron chi connectivity index (χ2n) is 9.88. The first-order valence-corrected chi connectivity index (χ1v) is 13.5. The Bertz CT molecular complexity index is 1370. The number of hydrogen-bond donors (Lipinski definition) is 4. The van der Waals surface area contributed by atoms with E-state index in [2.05, 4.69) is 16.0 Å². The fraction of sp³-hybridized carbons (Fsp3) is 0.276. The van der Waals surface area contributed by atoms with Gasteiger partial charge in [0.25, 0.3) is 5.91 Å². The van der Waals surface area contributed by atoms with E-state index in [1.165, 1.54) is 23.9 Å². The number of carbonyl (C=O) groups excluding carboxylic acids is 3. The van der Waals surface area contributed by atoms with Crippen molar-refractivity contribution in [2.75, 3.05) is 17.7 Å². The number of nitrogens with two attached hydrogens (primary N) is 1. The number of rotatable bonds is 7. The van der Waals surface area contributed by atoms with Crippen molar-refractivity contribution in [3.8, 4) is 11.1 Å². The van der Waals surface area contributed by atoms with Crippen LogP contribution < -0.4 is 26.6 Å². The summed E-state index contributed by atoms with van der Waals surface area (Å²) in [6.07, 6.45) is 0. The van der Waals surface area contributed by atoms with Gasteiger partial charge in [0.15, 0.2) is 0 Å². The summed E-state index contributed by atoms with van der Waals surface area (Å²) in [5.41, 5.74) is 9.15. The quantitative estimate of drug-likeness (QED) is 0.358. The molecule has 204 valence electrons. The minimum atomic E-state index is -1.15. The van der Waals surface area contributed by atoms with Gasteiger partial charge < -0.3 is 26.6 Å². The third kappa shape index (κ3) is 6.76. The summed E-state index contributed by atoms with van der Waals surface area (Å²) in [4.78, 5) is 40.1. The molecule has 1 atom stereocenters. The Morgan fingerprint density at radius 3 is 2.51 bits per heavy atom. The van der Waals surface area contributed by atoms with Crippen LogP contribution in [0.15, 0.2) is 71.6 Å². The molecule has 5 N–H and O–H groups in total. The number of fused-ring (bicyclic) bond motifs is 1. The maximum absolute atomic E-state index is 14.1. The van der Waals surface area contributed by atoms with Crippen LogP contribution >= 0.6 is 11.8 Å². The third-order valence-corrected chi connectivity index (χ3v) is 7.50. The van der Waals surface area contributed by atoms with E-state index in [0.29, 0.717) is 17.1 Å². The van der Waals surface area contributed by atoms with E-state index in [-0.39, 0.29) is 24.2 Å². The van der Waals surface area contributed by atoms with Crippen LogP contribution in [0.4, 0.5) is 14.9 Å². The number of thioether (sulfide) groups is 1. The highest BCUT2D eigenvalue weighted by molar-refractivity contribution is 7.99. The van der Waals surface area contributed by atoms with Crippen molar-refractivity contribution in [2.45, 2.75) is 43.4 Å². The fourth-order valence-corrected chi connectivity index (χ4v) is 5.27. The maximum atomic E-state index is 14.1. The van der Waals surface area contributed by atoms with Gasteiger partial charge in [-0.2, -0.15) is 0 Å². The molecule has 8 nitrogen and oxygen atoms in total. The number of amides is 4. The van der Waals surface area contributed by atoms with Crippen LogP contribution in [0.1, 0.15) is 25.0 Å². The molecule has 0 spiro atoms. The SMILES string of the molecule is CNC(=O)NCc1ccccc1-c1ccc(CN2C(=O)[C@H](NC(=O)C(C)(C)N)CSc3cc(F)ccc32)cc1. The van der Waals surface area contributed by atoms with Gasteiger partial charge in [0, 0.05) is 24.2 Å². The standard InChI is InChI=1S/C29H32FN5O3S/c1-29(2,31)27(37)34-23-17-39-25-14-21(30)12-13-24(25)35(26(23)36)16-18-8-10-19(11-9-18)22-7-5-4-6-20(22)15-33-28(38)32-3/h4-14,23H,15-17,31H2,1-3H3,(H,34,37)(H2,32,33,38)/t23-/m1/s1. The molecule has 0 aliphatic carbocycles. The number of anilines is 1. The summed E-state index contributed by atoms with van der Waals surface area (Å²) < 4.78 is 14.1. The summed E-state index contributed by atoms with van der Waals surface area (Å²) in [6, 6.07) is 18.9. The number of urea groups is 1. The fourth-order valence-electron chi connectivity index (χ4n) is 4.18. The van der Waals surface area contributed by atoms with Crippen LogP contribution in [-0.2, 0) is 22.7 Å². The summed E-state index contributed by atoms with van der Waals surface area (Å²) in [7, 11) is 1.57. The average molecular weight is 550 g/mol. The summed E-state index contributed by atoms with van der Waals surface area (Å²) in [6.45, 7) is 3.76. The van der Waals surface area contributed by atoms with Crippen molar-refractivity contribution < 1.29 is 18.8 Å². The zero-order valence-corrected chi connectivity index (χ0v) is 22.9. The molecule has 0 fully saturated rings. The van der Waals surface area contributed by atoms with Gasteiger partial charge in [0.05, 0.1) is 17.8 Å². The average Bonchev–Trinajstić information content (AvgIpc) is 3.03. The maximum Gasteiger partial charge on any atom is 0.314 e. The molecule has 4 rings (SSSR count). The van der Waals surface area contributed by atoms with E-state index in [1.54, 1.807) is 31.9 Å². The number of benzene rings is 3. The summed E-state index contributed by atoms with van der Waals surface area (Å²) in [5.74, 6) is -0.867. The second-order valence-corrected chi connectivity index (χ2v) is 10.9. The molecule has 3 aromatic rings. The van der Waals surface area contributed by atoms with Crippen LogP contribution in [0.5, 0.6) is 0 Å². The lowest BCUT2D eigenvalue weighted by atomic mass is 9.98. The van der Waals surface area contributed by atoms with E-state index in [4.69, 9.17) is 5.73 Å². The lowest BCUT2D eigenvalue weighted by Gasteiger charge is -2.28. The van der Waals surface area contributed by atoms with Crippen molar-refractivity contribution in [3.05, 3.63) is 83.7 Å². The molecule has 10 heteroatoms. The number of nitrogens with zero attached hydrogens (tertiary/aromatic N) is 1. The number of nitrogens with one attached hydrogen (secondary N) is 3. The first kappa shape index (κ1) is 28.1. The zero-order valence-electron chi connectivity index (χ0n) is 22.1. The van der Waals surface area contributed by atoms with E-state index >= 15 is 0 Å². The van der Waals surface area contributed by atoms with Gasteiger partial charge >= 0.3 is 6.03 Å². The Morgan fingerprint density at radius 1 is 1.10 bits per heavy atom. The molecule has 1 heterocycles. The lowest BCUT2D eigenvalue weighted by molar-refractivity contribution is -0.129. The van der Waals surface area contributed by atoms with Crippen molar-refractivity contribution in [1.29, 1.82) is 0 Å². The Balaban J connectivity index is 1.60. The molecular weight excluding hydrogens is 517 g/mol. The molecule has 0 aromatic heterocycles. The third-order valence-electron chi connectivity index (χ3n) is 6.36. The van der Waals surface area contributed by atoms with E-state index in [1.807, 2.05) is 48.5 Å². The molecule has 0 saturated carbocycles. The van der Waals surface area contributed by atoms with Gasteiger partial charge in [-0.15, -0.1) is 11.8 Å². The molecule has 1 aliphatic heterocycles. The summed E-state index contributed by atoms with van der Waals surface area (Å²) >= 11 is 1.32. The predicted molar refractivity (Wildman–Crippen MR) is 152 cm³/mol. The minimum Gasteiger partial charge on any atom is -0.342 e. The molecule has 4 amide bonds. The molecule has 0 saturated heterocycles. The van der Waals surface area contributed by atoms with Gasteiger partial charge in [-0.25, -0.2) is 9.18 Å². The smallest absolute Gasteiger partial charge is 0.314 e. The molecular formula is C29H32FN5O3S. The highest BCUT2D eigenvalue weighted by atomic mass is 32.2. The summed E-state index contributed by atoms with van der Waals surface area (Å²) in [5, 5.41) is 8.13. The van der Waals surface area contributed by atoms with Crippen LogP contribution in [0, 0.1) is 5.82 Å². The molecule has 0 bridgehead atoms. The Hall–Kier alpha value is -3.89. The van der Waals surface area contributed by atoms with Gasteiger partial charge in [-0.3, -0.25) is 9.59 Å². The Morgan fingerprint density at radius 2 is 1.82 bits per heavy atom. The van der Waals surface area contributed by atoms with Crippen molar-refractivity contribution in [3.63, 3.8) is 0 Å². The first-order valence-electron chi connectivity index (χ1n) is 12.5. The molecule has 0 unspecified atom stereocenters. The minimum absolute atomic E-state index is 0.233. The van der Waals surface area contributed by atoms with Crippen LogP contribution in [0.2, 0.25) is 0 Å². The monoisotopic (exact) mass is 549 g/mol. The molecule has 1 aliphatic rings. The Labute approximate surface area is 231 Å². The van der Waals surface area contributed by atoms with Gasteiger partial charge in [0.2, 0.25) is 5.91 Å².